The van der Waals surface area contributed by atoms with Crippen LogP contribution in [0.1, 0.15) is 59.3 Å². The second-order valence-corrected chi connectivity index (χ2v) is 5.17. The molecule has 100 valence electrons. The van der Waals surface area contributed by atoms with Crippen molar-refractivity contribution >= 4 is 5.91 Å². The molecule has 1 aliphatic heterocycles. The van der Waals surface area contributed by atoms with Gasteiger partial charge in [-0.25, -0.2) is 0 Å². The molecule has 0 saturated carbocycles. The van der Waals surface area contributed by atoms with Gasteiger partial charge in [0.25, 0.3) is 0 Å². The Kier molecular flexibility index (Phi) is 6.56. The Morgan fingerprint density at radius 3 is 2.82 bits per heavy atom. The minimum Gasteiger partial charge on any atom is -0.339 e. The number of amides is 1. The van der Waals surface area contributed by atoms with Crippen LogP contribution in [0.2, 0.25) is 0 Å². The van der Waals surface area contributed by atoms with Crippen LogP contribution in [0.4, 0.5) is 0 Å². The Morgan fingerprint density at radius 2 is 2.18 bits per heavy atom. The first-order chi connectivity index (χ1) is 8.20. The van der Waals surface area contributed by atoms with Crippen LogP contribution in [0.15, 0.2) is 0 Å². The molecule has 1 fully saturated rings. The van der Waals surface area contributed by atoms with Gasteiger partial charge in [-0.3, -0.25) is 4.79 Å². The fourth-order valence-electron chi connectivity index (χ4n) is 2.50. The average Bonchev–Trinajstić information content (AvgIpc) is 2.34. The Balaban J connectivity index is 2.46. The van der Waals surface area contributed by atoms with E-state index in [-0.39, 0.29) is 6.04 Å². The first kappa shape index (κ1) is 14.5. The maximum Gasteiger partial charge on any atom is 0.239 e. The molecule has 17 heavy (non-hydrogen) atoms. The normalized spacial score (nSPS) is 22.9. The lowest BCUT2D eigenvalue weighted by Crippen LogP contribution is -2.53. The van der Waals surface area contributed by atoms with Crippen molar-refractivity contribution in [2.75, 3.05) is 13.1 Å². The molecule has 1 aliphatic rings. The third-order valence-electron chi connectivity index (χ3n) is 3.62. The maximum absolute atomic E-state index is 12.3. The van der Waals surface area contributed by atoms with Crippen molar-refractivity contribution in [1.82, 2.24) is 10.2 Å². The van der Waals surface area contributed by atoms with Crippen LogP contribution < -0.4 is 5.32 Å². The van der Waals surface area contributed by atoms with Crippen molar-refractivity contribution in [1.29, 1.82) is 0 Å². The summed E-state index contributed by atoms with van der Waals surface area (Å²) in [5.41, 5.74) is 0. The van der Waals surface area contributed by atoms with Crippen molar-refractivity contribution in [3.05, 3.63) is 0 Å². The number of nitrogens with one attached hydrogen (secondary N) is 1. The van der Waals surface area contributed by atoms with Crippen molar-refractivity contribution in [2.24, 2.45) is 0 Å². The van der Waals surface area contributed by atoms with E-state index in [0.29, 0.717) is 11.9 Å². The van der Waals surface area contributed by atoms with Crippen molar-refractivity contribution < 1.29 is 4.79 Å². The van der Waals surface area contributed by atoms with Crippen molar-refractivity contribution in [3.8, 4) is 0 Å². The fraction of sp³-hybridized carbons (Fsp3) is 0.929. The monoisotopic (exact) mass is 240 g/mol. The van der Waals surface area contributed by atoms with Gasteiger partial charge in [0.1, 0.15) is 0 Å². The molecule has 3 heteroatoms. The number of nitrogens with zero attached hydrogens (tertiary/aromatic N) is 1. The molecule has 0 radical (unpaired) electrons. The third kappa shape index (κ3) is 4.30. The van der Waals surface area contributed by atoms with Crippen LogP contribution in [-0.4, -0.2) is 36.0 Å². The van der Waals surface area contributed by atoms with E-state index in [0.717, 1.165) is 38.8 Å². The summed E-state index contributed by atoms with van der Waals surface area (Å²) in [4.78, 5) is 14.4. The van der Waals surface area contributed by atoms with E-state index in [9.17, 15) is 4.79 Å². The van der Waals surface area contributed by atoms with E-state index in [1.54, 1.807) is 0 Å². The molecule has 3 nitrogen and oxygen atoms in total. The molecule has 2 unspecified atom stereocenters. The summed E-state index contributed by atoms with van der Waals surface area (Å²) in [6, 6.07) is 0.487. The predicted molar refractivity (Wildman–Crippen MR) is 72.0 cm³/mol. The average molecular weight is 240 g/mol. The van der Waals surface area contributed by atoms with Crippen molar-refractivity contribution in [2.45, 2.75) is 71.4 Å². The summed E-state index contributed by atoms with van der Waals surface area (Å²) in [5, 5.41) is 3.37. The summed E-state index contributed by atoms with van der Waals surface area (Å²) in [6.07, 6.45) is 6.82. The van der Waals surface area contributed by atoms with Crippen molar-refractivity contribution in [3.63, 3.8) is 0 Å². The standard InChI is InChI=1S/C14H28N2O/c1-4-6-8-12(3)16-11-7-9-13(14(16)17)15-10-5-2/h12-13,15H,4-11H2,1-3H3. The summed E-state index contributed by atoms with van der Waals surface area (Å²) in [6.45, 7) is 8.44. The zero-order valence-corrected chi connectivity index (χ0v) is 11.7. The fourth-order valence-corrected chi connectivity index (χ4v) is 2.50. The second kappa shape index (κ2) is 7.70. The summed E-state index contributed by atoms with van der Waals surface area (Å²) in [7, 11) is 0. The quantitative estimate of drug-likeness (QED) is 0.742. The highest BCUT2D eigenvalue weighted by molar-refractivity contribution is 5.82. The number of carbonyl (C=O) groups is 1. The molecule has 1 N–H and O–H groups in total. The minimum atomic E-state index is 0.0766. The van der Waals surface area contributed by atoms with E-state index < -0.39 is 0 Å². The van der Waals surface area contributed by atoms with Gasteiger partial charge in [-0.15, -0.1) is 0 Å². The zero-order chi connectivity index (χ0) is 12.7. The summed E-state index contributed by atoms with van der Waals surface area (Å²) < 4.78 is 0. The highest BCUT2D eigenvalue weighted by atomic mass is 16.2. The second-order valence-electron chi connectivity index (χ2n) is 5.17. The number of likely N-dealkylation sites (tertiary alicyclic amines) is 1. The smallest absolute Gasteiger partial charge is 0.239 e. The van der Waals surface area contributed by atoms with Crippen LogP contribution in [0.3, 0.4) is 0 Å². The Bertz CT molecular complexity index is 230. The van der Waals surface area contributed by atoms with Crippen LogP contribution in [0.5, 0.6) is 0 Å². The molecule has 1 amide bonds. The largest absolute Gasteiger partial charge is 0.339 e. The van der Waals surface area contributed by atoms with Gasteiger partial charge in [0.2, 0.25) is 5.91 Å². The van der Waals surface area contributed by atoms with Gasteiger partial charge in [0.05, 0.1) is 6.04 Å². The lowest BCUT2D eigenvalue weighted by molar-refractivity contribution is -0.138. The van der Waals surface area contributed by atoms with Crippen LogP contribution in [0, 0.1) is 0 Å². The van der Waals surface area contributed by atoms with Gasteiger partial charge in [0, 0.05) is 12.6 Å². The van der Waals surface area contributed by atoms with E-state index in [2.05, 4.69) is 31.0 Å². The number of hydrogen-bond donors (Lipinski definition) is 1. The lowest BCUT2D eigenvalue weighted by atomic mass is 10.0. The maximum atomic E-state index is 12.3. The topological polar surface area (TPSA) is 32.3 Å². The number of piperidine rings is 1. The number of carbonyl (C=O) groups excluding carboxylic acids is 1. The molecule has 0 aromatic heterocycles. The summed E-state index contributed by atoms with van der Waals surface area (Å²) >= 11 is 0. The van der Waals surface area contributed by atoms with Crippen LogP contribution in [0.25, 0.3) is 0 Å². The molecule has 0 aliphatic carbocycles. The molecular weight excluding hydrogens is 212 g/mol. The number of unbranched alkanes of at least 4 members (excludes halogenated alkanes) is 1. The highest BCUT2D eigenvalue weighted by Gasteiger charge is 2.30. The first-order valence-corrected chi connectivity index (χ1v) is 7.24. The van der Waals surface area contributed by atoms with E-state index in [1.165, 1.54) is 12.8 Å². The zero-order valence-electron chi connectivity index (χ0n) is 11.7. The van der Waals surface area contributed by atoms with E-state index >= 15 is 0 Å². The van der Waals surface area contributed by atoms with Gasteiger partial charge in [-0.1, -0.05) is 26.7 Å². The molecule has 0 aromatic carbocycles. The van der Waals surface area contributed by atoms with Gasteiger partial charge in [-0.05, 0) is 39.2 Å². The van der Waals surface area contributed by atoms with E-state index in [1.807, 2.05) is 0 Å². The lowest BCUT2D eigenvalue weighted by Gasteiger charge is -2.37. The van der Waals surface area contributed by atoms with Gasteiger partial charge >= 0.3 is 0 Å². The molecule has 0 spiro atoms. The third-order valence-corrected chi connectivity index (χ3v) is 3.62. The van der Waals surface area contributed by atoms with Crippen LogP contribution >= 0.6 is 0 Å². The minimum absolute atomic E-state index is 0.0766. The number of rotatable bonds is 7. The molecule has 0 bridgehead atoms. The molecular formula is C14H28N2O. The Hall–Kier alpha value is -0.570. The Morgan fingerprint density at radius 1 is 1.41 bits per heavy atom. The van der Waals surface area contributed by atoms with E-state index in [4.69, 9.17) is 0 Å². The van der Waals surface area contributed by atoms with Crippen LogP contribution in [-0.2, 0) is 4.79 Å². The molecule has 1 rings (SSSR count). The molecule has 1 saturated heterocycles. The molecule has 0 aromatic rings. The SMILES string of the molecule is CCCCC(C)N1CCCC(NCCC)C1=O. The van der Waals surface area contributed by atoms with Gasteiger partial charge in [0.15, 0.2) is 0 Å². The number of hydrogen-bond acceptors (Lipinski definition) is 2. The summed E-state index contributed by atoms with van der Waals surface area (Å²) in [5.74, 6) is 0.327. The van der Waals surface area contributed by atoms with Gasteiger partial charge in [-0.2, -0.15) is 0 Å². The molecule has 2 atom stereocenters. The van der Waals surface area contributed by atoms with Gasteiger partial charge < -0.3 is 10.2 Å². The Labute approximate surface area is 106 Å². The first-order valence-electron chi connectivity index (χ1n) is 7.24. The molecule has 1 heterocycles. The predicted octanol–water partition coefficient (Wildman–Crippen LogP) is 2.56. The highest BCUT2D eigenvalue weighted by Crippen LogP contribution is 2.17.